The molecule has 106 valence electrons. The molecule has 1 fully saturated rings. The van der Waals surface area contributed by atoms with Gasteiger partial charge in [0.2, 0.25) is 0 Å². The van der Waals surface area contributed by atoms with Crippen molar-refractivity contribution in [2.45, 2.75) is 26.7 Å². The van der Waals surface area contributed by atoms with Gasteiger partial charge in [-0.3, -0.25) is 4.90 Å². The number of morpholine rings is 1. The van der Waals surface area contributed by atoms with Gasteiger partial charge in [0.1, 0.15) is 12.4 Å². The third-order valence-electron chi connectivity index (χ3n) is 3.63. The highest BCUT2D eigenvalue weighted by Crippen LogP contribution is 2.23. The number of hydrogen-bond donors (Lipinski definition) is 0. The molecule has 1 saturated heterocycles. The first-order valence-corrected chi connectivity index (χ1v) is 7.20. The van der Waals surface area contributed by atoms with E-state index in [1.54, 1.807) is 0 Å². The second kappa shape index (κ2) is 6.92. The fourth-order valence-corrected chi connectivity index (χ4v) is 2.30. The lowest BCUT2D eigenvalue weighted by molar-refractivity contribution is 0.0322. The molecule has 0 bridgehead atoms. The Labute approximate surface area is 116 Å². The summed E-state index contributed by atoms with van der Waals surface area (Å²) in [5, 5.41) is 0. The van der Waals surface area contributed by atoms with E-state index in [-0.39, 0.29) is 0 Å². The van der Waals surface area contributed by atoms with E-state index in [0.717, 1.165) is 45.2 Å². The monoisotopic (exact) mass is 263 g/mol. The highest BCUT2D eigenvalue weighted by molar-refractivity contribution is 5.37. The Balaban J connectivity index is 1.82. The van der Waals surface area contributed by atoms with Gasteiger partial charge in [0.25, 0.3) is 0 Å². The van der Waals surface area contributed by atoms with E-state index in [9.17, 15) is 0 Å². The van der Waals surface area contributed by atoms with Crippen molar-refractivity contribution in [1.82, 2.24) is 4.90 Å². The minimum atomic E-state index is 0.570. The maximum atomic E-state index is 5.89. The van der Waals surface area contributed by atoms with E-state index in [0.29, 0.717) is 5.92 Å². The topological polar surface area (TPSA) is 21.7 Å². The lowest BCUT2D eigenvalue weighted by atomic mass is 10.0. The summed E-state index contributed by atoms with van der Waals surface area (Å²) >= 11 is 0. The van der Waals surface area contributed by atoms with Crippen LogP contribution in [0.3, 0.4) is 0 Å². The van der Waals surface area contributed by atoms with Crippen LogP contribution in [0.1, 0.15) is 30.9 Å². The summed E-state index contributed by atoms with van der Waals surface area (Å²) in [6.07, 6.45) is 0. The van der Waals surface area contributed by atoms with Crippen LogP contribution < -0.4 is 4.74 Å². The van der Waals surface area contributed by atoms with Crippen LogP contribution in [-0.4, -0.2) is 44.4 Å². The minimum absolute atomic E-state index is 0.570. The number of aryl methyl sites for hydroxylation is 1. The van der Waals surface area contributed by atoms with Crippen LogP contribution in [0.2, 0.25) is 0 Å². The summed E-state index contributed by atoms with van der Waals surface area (Å²) in [5.74, 6) is 1.58. The van der Waals surface area contributed by atoms with Crippen LogP contribution in [0.5, 0.6) is 5.75 Å². The molecule has 0 atom stereocenters. The zero-order chi connectivity index (χ0) is 13.7. The third-order valence-corrected chi connectivity index (χ3v) is 3.63. The van der Waals surface area contributed by atoms with Crippen LogP contribution in [-0.2, 0) is 4.74 Å². The van der Waals surface area contributed by atoms with Crippen molar-refractivity contribution in [3.8, 4) is 5.75 Å². The second-order valence-corrected chi connectivity index (χ2v) is 5.48. The van der Waals surface area contributed by atoms with Crippen LogP contribution in [0.25, 0.3) is 0 Å². The fourth-order valence-electron chi connectivity index (χ4n) is 2.30. The normalized spacial score (nSPS) is 16.8. The largest absolute Gasteiger partial charge is 0.492 e. The second-order valence-electron chi connectivity index (χ2n) is 5.48. The Bertz CT molecular complexity index is 398. The molecule has 1 aliphatic rings. The summed E-state index contributed by atoms with van der Waals surface area (Å²) in [4.78, 5) is 2.39. The molecule has 0 saturated carbocycles. The standard InChI is InChI=1S/C16H25NO2/c1-13(2)15-4-5-16(14(3)12-15)19-11-8-17-6-9-18-10-7-17/h4-5,12-13H,6-11H2,1-3H3. The van der Waals surface area contributed by atoms with E-state index in [4.69, 9.17) is 9.47 Å². The molecular weight excluding hydrogens is 238 g/mol. The summed E-state index contributed by atoms with van der Waals surface area (Å²) in [5.41, 5.74) is 2.60. The quantitative estimate of drug-likeness (QED) is 0.815. The highest BCUT2D eigenvalue weighted by atomic mass is 16.5. The Kier molecular flexibility index (Phi) is 5.23. The van der Waals surface area contributed by atoms with Crippen molar-refractivity contribution in [1.29, 1.82) is 0 Å². The van der Waals surface area contributed by atoms with Crippen LogP contribution in [0.15, 0.2) is 18.2 Å². The Morgan fingerprint density at radius 3 is 2.63 bits per heavy atom. The van der Waals surface area contributed by atoms with Gasteiger partial charge in [0, 0.05) is 19.6 Å². The SMILES string of the molecule is Cc1cc(C(C)C)ccc1OCCN1CCOCC1. The molecule has 1 aliphatic heterocycles. The number of hydrogen-bond acceptors (Lipinski definition) is 3. The van der Waals surface area contributed by atoms with E-state index >= 15 is 0 Å². The summed E-state index contributed by atoms with van der Waals surface area (Å²) < 4.78 is 11.2. The van der Waals surface area contributed by atoms with Crippen molar-refractivity contribution in [3.05, 3.63) is 29.3 Å². The van der Waals surface area contributed by atoms with Crippen molar-refractivity contribution in [3.63, 3.8) is 0 Å². The van der Waals surface area contributed by atoms with Crippen LogP contribution in [0, 0.1) is 6.92 Å². The van der Waals surface area contributed by atoms with Gasteiger partial charge in [-0.2, -0.15) is 0 Å². The molecule has 1 heterocycles. The Morgan fingerprint density at radius 2 is 2.00 bits per heavy atom. The lowest BCUT2D eigenvalue weighted by Crippen LogP contribution is -2.38. The van der Waals surface area contributed by atoms with Crippen LogP contribution >= 0.6 is 0 Å². The maximum Gasteiger partial charge on any atom is 0.122 e. The van der Waals surface area contributed by atoms with Crippen molar-refractivity contribution in [2.75, 3.05) is 39.5 Å². The summed E-state index contributed by atoms with van der Waals surface area (Å²) in [7, 11) is 0. The predicted molar refractivity (Wildman–Crippen MR) is 78.0 cm³/mol. The van der Waals surface area contributed by atoms with E-state index in [1.165, 1.54) is 11.1 Å². The first kappa shape index (κ1) is 14.4. The van der Waals surface area contributed by atoms with Crippen LogP contribution in [0.4, 0.5) is 0 Å². The molecule has 0 aliphatic carbocycles. The molecule has 2 rings (SSSR count). The molecule has 0 N–H and O–H groups in total. The van der Waals surface area contributed by atoms with E-state index in [2.05, 4.69) is 43.9 Å². The molecule has 0 radical (unpaired) electrons. The Hall–Kier alpha value is -1.06. The zero-order valence-corrected chi connectivity index (χ0v) is 12.3. The Morgan fingerprint density at radius 1 is 1.26 bits per heavy atom. The molecule has 3 heteroatoms. The van der Waals surface area contributed by atoms with Crippen molar-refractivity contribution < 1.29 is 9.47 Å². The molecule has 1 aromatic rings. The van der Waals surface area contributed by atoms with E-state index < -0.39 is 0 Å². The molecule has 0 spiro atoms. The summed E-state index contributed by atoms with van der Waals surface area (Å²) in [6, 6.07) is 6.50. The smallest absolute Gasteiger partial charge is 0.122 e. The molecule has 1 aromatic carbocycles. The number of ether oxygens (including phenoxy) is 2. The van der Waals surface area contributed by atoms with E-state index in [1.807, 2.05) is 0 Å². The average molecular weight is 263 g/mol. The van der Waals surface area contributed by atoms with Crippen molar-refractivity contribution in [2.24, 2.45) is 0 Å². The zero-order valence-electron chi connectivity index (χ0n) is 12.3. The molecule has 3 nitrogen and oxygen atoms in total. The van der Waals surface area contributed by atoms with Gasteiger partial charge in [-0.05, 0) is 30.0 Å². The molecular formula is C16H25NO2. The maximum absolute atomic E-state index is 5.89. The molecule has 0 amide bonds. The number of nitrogens with zero attached hydrogens (tertiary/aromatic N) is 1. The molecule has 19 heavy (non-hydrogen) atoms. The van der Waals surface area contributed by atoms with Gasteiger partial charge in [-0.25, -0.2) is 0 Å². The number of rotatable bonds is 5. The number of benzene rings is 1. The first-order valence-electron chi connectivity index (χ1n) is 7.20. The average Bonchev–Trinajstić information content (AvgIpc) is 2.41. The molecule has 0 aromatic heterocycles. The van der Waals surface area contributed by atoms with Gasteiger partial charge in [0.05, 0.1) is 13.2 Å². The van der Waals surface area contributed by atoms with Gasteiger partial charge in [0.15, 0.2) is 0 Å². The van der Waals surface area contributed by atoms with Crippen molar-refractivity contribution >= 4 is 0 Å². The minimum Gasteiger partial charge on any atom is -0.492 e. The predicted octanol–water partition coefficient (Wildman–Crippen LogP) is 2.83. The van der Waals surface area contributed by atoms with Gasteiger partial charge < -0.3 is 9.47 Å². The summed E-state index contributed by atoms with van der Waals surface area (Å²) in [6.45, 7) is 12.0. The first-order chi connectivity index (χ1) is 9.16. The fraction of sp³-hybridized carbons (Fsp3) is 0.625. The molecule has 0 unspecified atom stereocenters. The highest BCUT2D eigenvalue weighted by Gasteiger charge is 2.10. The third kappa shape index (κ3) is 4.22. The van der Waals surface area contributed by atoms with Gasteiger partial charge in [-0.1, -0.05) is 26.0 Å². The van der Waals surface area contributed by atoms with Gasteiger partial charge in [-0.15, -0.1) is 0 Å². The van der Waals surface area contributed by atoms with Gasteiger partial charge >= 0.3 is 0 Å². The lowest BCUT2D eigenvalue weighted by Gasteiger charge is -2.26.